The summed E-state index contributed by atoms with van der Waals surface area (Å²) in [5.41, 5.74) is 2.75. The predicted octanol–water partition coefficient (Wildman–Crippen LogP) is 3.87. The number of methoxy groups -OCH3 is 1. The molecule has 2 rings (SSSR count). The molecule has 1 atom stereocenters. The molecule has 0 aromatic heterocycles. The molecular formula is C22H31N3O3. The van der Waals surface area contributed by atoms with Gasteiger partial charge in [-0.15, -0.1) is 0 Å². The van der Waals surface area contributed by atoms with E-state index in [0.29, 0.717) is 11.6 Å². The van der Waals surface area contributed by atoms with Crippen molar-refractivity contribution in [1.82, 2.24) is 10.6 Å². The molecule has 2 amide bonds. The van der Waals surface area contributed by atoms with Gasteiger partial charge in [0.2, 0.25) is 0 Å². The summed E-state index contributed by atoms with van der Waals surface area (Å²) in [7, 11) is 3.23. The Morgan fingerprint density at radius 1 is 1.21 bits per heavy atom. The molecule has 6 nitrogen and oxygen atoms in total. The Hall–Kier alpha value is -2.73. The van der Waals surface area contributed by atoms with E-state index in [1.54, 1.807) is 19.2 Å². The summed E-state index contributed by atoms with van der Waals surface area (Å²) in [5, 5.41) is 18.5. The highest BCUT2D eigenvalue weighted by Gasteiger charge is 2.11. The lowest BCUT2D eigenvalue weighted by atomic mass is 9.94. The molecule has 2 aromatic rings. The number of urea groups is 1. The lowest BCUT2D eigenvalue weighted by Crippen LogP contribution is -2.25. The molecule has 0 saturated carbocycles. The minimum absolute atomic E-state index is 0.0568. The van der Waals surface area contributed by atoms with Gasteiger partial charge in [0, 0.05) is 13.6 Å². The van der Waals surface area contributed by atoms with E-state index in [-0.39, 0.29) is 11.8 Å². The van der Waals surface area contributed by atoms with Crippen molar-refractivity contribution < 1.29 is 14.6 Å². The largest absolute Gasteiger partial charge is 0.506 e. The first-order chi connectivity index (χ1) is 13.6. The van der Waals surface area contributed by atoms with Gasteiger partial charge in [0.25, 0.3) is 0 Å². The van der Waals surface area contributed by atoms with Crippen LogP contribution >= 0.6 is 0 Å². The molecule has 4 N–H and O–H groups in total. The predicted molar refractivity (Wildman–Crippen MR) is 113 cm³/mol. The van der Waals surface area contributed by atoms with Gasteiger partial charge in [-0.3, -0.25) is 0 Å². The molecule has 0 heterocycles. The number of benzene rings is 2. The number of carbonyl (C=O) groups is 1. The van der Waals surface area contributed by atoms with E-state index in [2.05, 4.69) is 35.0 Å². The number of ether oxygens (including phenoxy) is 1. The van der Waals surface area contributed by atoms with Crippen molar-refractivity contribution >= 4 is 11.7 Å². The fourth-order valence-electron chi connectivity index (χ4n) is 3.16. The molecule has 0 aliphatic carbocycles. The van der Waals surface area contributed by atoms with Crippen LogP contribution in [-0.4, -0.2) is 38.4 Å². The van der Waals surface area contributed by atoms with E-state index >= 15 is 0 Å². The number of nitrogens with one attached hydrogen (secondary N) is 3. The van der Waals surface area contributed by atoms with Crippen molar-refractivity contribution in [2.75, 3.05) is 32.6 Å². The van der Waals surface area contributed by atoms with Crippen molar-refractivity contribution in [1.29, 1.82) is 0 Å². The van der Waals surface area contributed by atoms with Crippen molar-refractivity contribution in [3.05, 3.63) is 53.6 Å². The van der Waals surface area contributed by atoms with Crippen molar-refractivity contribution in [3.8, 4) is 11.5 Å². The monoisotopic (exact) mass is 385 g/mol. The fourth-order valence-corrected chi connectivity index (χ4v) is 3.16. The highest BCUT2D eigenvalue weighted by atomic mass is 16.5. The average molecular weight is 386 g/mol. The Morgan fingerprint density at radius 3 is 2.75 bits per heavy atom. The zero-order valence-electron chi connectivity index (χ0n) is 16.9. The molecule has 0 fully saturated rings. The smallest absolute Gasteiger partial charge is 0.319 e. The number of anilines is 1. The van der Waals surface area contributed by atoms with Gasteiger partial charge in [0.05, 0.1) is 12.8 Å². The quantitative estimate of drug-likeness (QED) is 0.370. The number of carbonyl (C=O) groups excluding carboxylic acids is 1. The first kappa shape index (κ1) is 21.6. The normalized spacial score (nSPS) is 11.7. The maximum atomic E-state index is 11.5. The first-order valence-corrected chi connectivity index (χ1v) is 9.72. The van der Waals surface area contributed by atoms with Gasteiger partial charge in [0.15, 0.2) is 0 Å². The third-order valence-electron chi connectivity index (χ3n) is 4.72. The first-order valence-electron chi connectivity index (χ1n) is 9.72. The summed E-state index contributed by atoms with van der Waals surface area (Å²) in [5.74, 6) is 1.38. The maximum absolute atomic E-state index is 11.5. The van der Waals surface area contributed by atoms with Crippen LogP contribution in [-0.2, 0) is 6.42 Å². The second-order valence-corrected chi connectivity index (χ2v) is 6.77. The van der Waals surface area contributed by atoms with E-state index in [9.17, 15) is 9.90 Å². The zero-order valence-corrected chi connectivity index (χ0v) is 16.9. The van der Waals surface area contributed by atoms with Crippen molar-refractivity contribution in [2.24, 2.45) is 0 Å². The Labute approximate surface area is 167 Å². The van der Waals surface area contributed by atoms with Crippen LogP contribution in [0.1, 0.15) is 36.8 Å². The summed E-state index contributed by atoms with van der Waals surface area (Å²) in [6.45, 7) is 3.90. The van der Waals surface area contributed by atoms with Crippen LogP contribution in [0.15, 0.2) is 42.5 Å². The molecule has 0 bridgehead atoms. The summed E-state index contributed by atoms with van der Waals surface area (Å²) in [6.07, 6.45) is 3.04. The Bertz CT molecular complexity index is 764. The van der Waals surface area contributed by atoms with Crippen molar-refractivity contribution in [3.63, 3.8) is 0 Å². The lowest BCUT2D eigenvalue weighted by Gasteiger charge is -2.18. The van der Waals surface area contributed by atoms with Crippen LogP contribution in [0.25, 0.3) is 0 Å². The Balaban J connectivity index is 1.90. The average Bonchev–Trinajstić information content (AvgIpc) is 2.72. The molecule has 1 unspecified atom stereocenters. The molecule has 0 aliphatic rings. The number of phenols is 1. The Morgan fingerprint density at radius 2 is 2.04 bits per heavy atom. The number of hydrogen-bond acceptors (Lipinski definition) is 4. The molecule has 0 saturated heterocycles. The van der Waals surface area contributed by atoms with E-state index in [1.165, 1.54) is 12.6 Å². The second kappa shape index (κ2) is 11.2. The van der Waals surface area contributed by atoms with Crippen LogP contribution in [0.2, 0.25) is 0 Å². The zero-order chi connectivity index (χ0) is 20.4. The highest BCUT2D eigenvalue weighted by Crippen LogP contribution is 2.25. The summed E-state index contributed by atoms with van der Waals surface area (Å²) < 4.78 is 5.35. The van der Waals surface area contributed by atoms with E-state index in [1.807, 2.05) is 18.2 Å². The Kier molecular flexibility index (Phi) is 8.62. The molecule has 28 heavy (non-hydrogen) atoms. The van der Waals surface area contributed by atoms with E-state index in [0.717, 1.165) is 43.7 Å². The summed E-state index contributed by atoms with van der Waals surface area (Å²) >= 11 is 0. The number of rotatable bonds is 10. The number of hydrogen-bond donors (Lipinski definition) is 4. The number of aromatic hydroxyl groups is 1. The maximum Gasteiger partial charge on any atom is 0.319 e. The van der Waals surface area contributed by atoms with Crippen molar-refractivity contribution in [2.45, 2.75) is 32.1 Å². The van der Waals surface area contributed by atoms with Crippen LogP contribution in [0, 0.1) is 0 Å². The number of phenolic OH excluding ortho intramolecular Hbond substituents is 1. The summed E-state index contributed by atoms with van der Waals surface area (Å²) in [4.78, 5) is 11.5. The van der Waals surface area contributed by atoms with Gasteiger partial charge >= 0.3 is 6.03 Å². The SMILES string of the molecule is CCCC(CNCCc1ccc(O)c(NC(=O)NC)c1)c1cccc(OC)c1. The van der Waals surface area contributed by atoms with Crippen LogP contribution in [0.5, 0.6) is 11.5 Å². The van der Waals surface area contributed by atoms with Crippen LogP contribution in [0.4, 0.5) is 10.5 Å². The van der Waals surface area contributed by atoms with E-state index in [4.69, 9.17) is 4.74 Å². The molecule has 0 aliphatic heterocycles. The molecule has 6 heteroatoms. The molecule has 0 spiro atoms. The van der Waals surface area contributed by atoms with Gasteiger partial charge in [0.1, 0.15) is 11.5 Å². The number of amides is 2. The molecule has 152 valence electrons. The second-order valence-electron chi connectivity index (χ2n) is 6.77. The highest BCUT2D eigenvalue weighted by molar-refractivity contribution is 5.90. The lowest BCUT2D eigenvalue weighted by molar-refractivity contribution is 0.254. The van der Waals surface area contributed by atoms with Crippen LogP contribution in [0.3, 0.4) is 0 Å². The topological polar surface area (TPSA) is 82.6 Å². The van der Waals surface area contributed by atoms with Gasteiger partial charge in [-0.1, -0.05) is 31.5 Å². The van der Waals surface area contributed by atoms with Gasteiger partial charge in [-0.2, -0.15) is 0 Å². The van der Waals surface area contributed by atoms with Gasteiger partial charge in [-0.05, 0) is 60.7 Å². The van der Waals surface area contributed by atoms with Gasteiger partial charge < -0.3 is 25.8 Å². The van der Waals surface area contributed by atoms with Gasteiger partial charge in [-0.25, -0.2) is 4.79 Å². The fraction of sp³-hybridized carbons (Fsp3) is 0.409. The minimum Gasteiger partial charge on any atom is -0.506 e. The molecule has 2 aromatic carbocycles. The van der Waals surface area contributed by atoms with E-state index < -0.39 is 0 Å². The summed E-state index contributed by atoms with van der Waals surface area (Å²) in [6, 6.07) is 13.2. The minimum atomic E-state index is -0.355. The third-order valence-corrected chi connectivity index (χ3v) is 4.72. The molecule has 0 radical (unpaired) electrons. The standard InChI is InChI=1S/C22H31N3O3/c1-4-6-18(17-7-5-8-19(14-17)28-3)15-24-12-11-16-9-10-21(26)20(13-16)25-22(27)23-2/h5,7-10,13-14,18,24,26H,4,6,11-12,15H2,1-3H3,(H2,23,25,27). The molecular weight excluding hydrogens is 354 g/mol. The van der Waals surface area contributed by atoms with Crippen LogP contribution < -0.4 is 20.7 Å². The third kappa shape index (κ3) is 6.46.